The Bertz CT molecular complexity index is 365. The summed E-state index contributed by atoms with van der Waals surface area (Å²) in [6, 6.07) is 2.67. The lowest BCUT2D eigenvalue weighted by atomic mass is 9.80. The second-order valence-electron chi connectivity index (χ2n) is 3.81. The molecule has 0 heterocycles. The van der Waals surface area contributed by atoms with Crippen molar-refractivity contribution >= 4 is 12.4 Å². The molecule has 0 bridgehead atoms. The highest BCUT2D eigenvalue weighted by Gasteiger charge is 2.28. The summed E-state index contributed by atoms with van der Waals surface area (Å²) in [6.07, 6.45) is 2.81. The van der Waals surface area contributed by atoms with E-state index in [9.17, 15) is 17.3 Å². The van der Waals surface area contributed by atoms with Crippen LogP contribution >= 0.6 is 0 Å². The van der Waals surface area contributed by atoms with Gasteiger partial charge >= 0.3 is 6.98 Å². The van der Waals surface area contributed by atoms with Crippen LogP contribution in [0.25, 0.3) is 0 Å². The number of hydrogen-bond donors (Lipinski definition) is 0. The van der Waals surface area contributed by atoms with Crippen LogP contribution in [0.4, 0.5) is 17.3 Å². The molecule has 0 aliphatic carbocycles. The maximum absolute atomic E-state index is 13.1. The summed E-state index contributed by atoms with van der Waals surface area (Å²) < 4.78 is 55.2. The summed E-state index contributed by atoms with van der Waals surface area (Å²) in [5.74, 6) is -1.13. The van der Waals surface area contributed by atoms with Gasteiger partial charge in [0, 0.05) is 6.07 Å². The first-order chi connectivity index (χ1) is 7.95. The number of halogens is 4. The van der Waals surface area contributed by atoms with Gasteiger partial charge in [-0.3, -0.25) is 0 Å². The Morgan fingerprint density at radius 3 is 2.41 bits per heavy atom. The van der Waals surface area contributed by atoms with Crippen molar-refractivity contribution in [2.75, 3.05) is 6.61 Å². The SMILES string of the molecule is CCCCCOc1ccc([B-](F)(F)F)c(F)c1. The van der Waals surface area contributed by atoms with Gasteiger partial charge in [-0.05, 0) is 12.5 Å². The van der Waals surface area contributed by atoms with Crippen molar-refractivity contribution in [2.45, 2.75) is 26.2 Å². The van der Waals surface area contributed by atoms with Crippen molar-refractivity contribution in [2.24, 2.45) is 0 Å². The normalized spacial score (nSPS) is 11.6. The third-order valence-corrected chi connectivity index (χ3v) is 2.34. The molecule has 0 amide bonds. The van der Waals surface area contributed by atoms with Crippen LogP contribution in [0, 0.1) is 5.82 Å². The zero-order valence-electron chi connectivity index (χ0n) is 9.56. The van der Waals surface area contributed by atoms with E-state index >= 15 is 0 Å². The van der Waals surface area contributed by atoms with Crippen molar-refractivity contribution in [3.63, 3.8) is 0 Å². The topological polar surface area (TPSA) is 9.23 Å². The van der Waals surface area contributed by atoms with E-state index in [0.29, 0.717) is 6.61 Å². The molecule has 1 rings (SSSR count). The molecule has 0 atom stereocenters. The number of unbranched alkanes of at least 4 members (excludes halogenated alkanes) is 2. The molecular formula is C11H14BF4O-. The predicted octanol–water partition coefficient (Wildman–Crippen LogP) is 3.45. The summed E-state index contributed by atoms with van der Waals surface area (Å²) in [7, 11) is 0. The second-order valence-corrected chi connectivity index (χ2v) is 3.81. The van der Waals surface area contributed by atoms with E-state index in [1.165, 1.54) is 0 Å². The smallest absolute Gasteiger partial charge is 0.493 e. The van der Waals surface area contributed by atoms with Gasteiger partial charge in [-0.2, -0.15) is 0 Å². The molecule has 0 fully saturated rings. The number of benzene rings is 1. The van der Waals surface area contributed by atoms with E-state index < -0.39 is 18.3 Å². The minimum Gasteiger partial charge on any atom is -0.493 e. The van der Waals surface area contributed by atoms with Crippen molar-refractivity contribution in [3.05, 3.63) is 24.0 Å². The first kappa shape index (κ1) is 13.9. The lowest BCUT2D eigenvalue weighted by Crippen LogP contribution is -2.36. The Kier molecular flexibility index (Phi) is 4.84. The largest absolute Gasteiger partial charge is 0.512 e. The quantitative estimate of drug-likeness (QED) is 0.426. The van der Waals surface area contributed by atoms with Crippen LogP contribution < -0.4 is 10.2 Å². The van der Waals surface area contributed by atoms with Crippen LogP contribution in [0.2, 0.25) is 0 Å². The highest BCUT2D eigenvalue weighted by atomic mass is 19.4. The van der Waals surface area contributed by atoms with E-state index in [4.69, 9.17) is 4.74 Å². The highest BCUT2D eigenvalue weighted by Crippen LogP contribution is 2.17. The molecule has 0 spiro atoms. The first-order valence-corrected chi connectivity index (χ1v) is 5.57. The van der Waals surface area contributed by atoms with Gasteiger partial charge < -0.3 is 17.7 Å². The number of rotatable bonds is 6. The Morgan fingerprint density at radius 1 is 1.18 bits per heavy atom. The van der Waals surface area contributed by atoms with Gasteiger partial charge in [-0.25, -0.2) is 4.39 Å². The van der Waals surface area contributed by atoms with Crippen LogP contribution in [0.3, 0.4) is 0 Å². The zero-order chi connectivity index (χ0) is 12.9. The van der Waals surface area contributed by atoms with Crippen LogP contribution in [-0.4, -0.2) is 13.6 Å². The molecule has 96 valence electrons. The van der Waals surface area contributed by atoms with Crippen LogP contribution in [0.15, 0.2) is 18.2 Å². The average Bonchev–Trinajstić information content (AvgIpc) is 2.23. The van der Waals surface area contributed by atoms with E-state index in [-0.39, 0.29) is 5.75 Å². The monoisotopic (exact) mass is 249 g/mol. The molecule has 1 aromatic rings. The third kappa shape index (κ3) is 4.28. The zero-order valence-corrected chi connectivity index (χ0v) is 9.56. The molecule has 0 aromatic heterocycles. The molecule has 0 saturated carbocycles. The number of hydrogen-bond acceptors (Lipinski definition) is 1. The molecule has 0 aliphatic rings. The fraction of sp³-hybridized carbons (Fsp3) is 0.455. The second kappa shape index (κ2) is 5.93. The van der Waals surface area contributed by atoms with Crippen molar-refractivity contribution in [1.82, 2.24) is 0 Å². The first-order valence-electron chi connectivity index (χ1n) is 5.57. The van der Waals surface area contributed by atoms with Crippen LogP contribution in [0.5, 0.6) is 5.75 Å². The molecule has 1 aromatic carbocycles. The fourth-order valence-corrected chi connectivity index (χ4v) is 1.41. The number of ether oxygens (including phenoxy) is 1. The lowest BCUT2D eigenvalue weighted by Gasteiger charge is -2.16. The molecule has 17 heavy (non-hydrogen) atoms. The van der Waals surface area contributed by atoms with E-state index in [0.717, 1.165) is 37.5 Å². The van der Waals surface area contributed by atoms with Crippen LogP contribution in [0.1, 0.15) is 26.2 Å². The Morgan fingerprint density at radius 2 is 1.88 bits per heavy atom. The van der Waals surface area contributed by atoms with Crippen molar-refractivity contribution < 1.29 is 22.1 Å². The van der Waals surface area contributed by atoms with Gasteiger partial charge in [0.15, 0.2) is 0 Å². The third-order valence-electron chi connectivity index (χ3n) is 2.34. The highest BCUT2D eigenvalue weighted by molar-refractivity contribution is 6.73. The van der Waals surface area contributed by atoms with Gasteiger partial charge in [-0.1, -0.05) is 31.3 Å². The molecule has 1 nitrogen and oxygen atoms in total. The van der Waals surface area contributed by atoms with Gasteiger partial charge in [0.25, 0.3) is 0 Å². The molecule has 0 saturated heterocycles. The lowest BCUT2D eigenvalue weighted by molar-refractivity contribution is 0.305. The van der Waals surface area contributed by atoms with Crippen molar-refractivity contribution in [3.8, 4) is 5.75 Å². The summed E-state index contributed by atoms with van der Waals surface area (Å²) in [4.78, 5) is 0. The Labute approximate surface area is 97.8 Å². The minimum atomic E-state index is -5.30. The van der Waals surface area contributed by atoms with Gasteiger partial charge in [-0.15, -0.1) is 0 Å². The van der Waals surface area contributed by atoms with Gasteiger partial charge in [0.05, 0.1) is 12.4 Å². The van der Waals surface area contributed by atoms with Gasteiger partial charge in [0.1, 0.15) is 5.75 Å². The summed E-state index contributed by atoms with van der Waals surface area (Å²) in [5.41, 5.74) is -1.20. The summed E-state index contributed by atoms with van der Waals surface area (Å²) >= 11 is 0. The molecule has 6 heteroatoms. The summed E-state index contributed by atoms with van der Waals surface area (Å²) in [6.45, 7) is -2.88. The molecular weight excluding hydrogens is 235 g/mol. The maximum atomic E-state index is 13.1. The molecule has 0 aliphatic heterocycles. The van der Waals surface area contributed by atoms with E-state index in [1.807, 2.05) is 6.92 Å². The Hall–Kier alpha value is -1.20. The predicted molar refractivity (Wildman–Crippen MR) is 60.1 cm³/mol. The van der Waals surface area contributed by atoms with Crippen LogP contribution in [-0.2, 0) is 0 Å². The molecule has 0 unspecified atom stereocenters. The van der Waals surface area contributed by atoms with Gasteiger partial charge in [0.2, 0.25) is 0 Å². The summed E-state index contributed by atoms with van der Waals surface area (Å²) in [5, 5.41) is 0. The van der Waals surface area contributed by atoms with Crippen molar-refractivity contribution in [1.29, 1.82) is 0 Å². The maximum Gasteiger partial charge on any atom is 0.512 e. The minimum absolute atomic E-state index is 0.141. The standard InChI is InChI=1S/C11H14BF4O/c1-2-3-4-7-17-9-5-6-10(11(13)8-9)12(14,15)16/h5-6,8H,2-4,7H2,1H3/q-1. The molecule has 0 radical (unpaired) electrons. The average molecular weight is 249 g/mol. The Balaban J connectivity index is 2.63. The molecule has 0 N–H and O–H groups in total. The van der Waals surface area contributed by atoms with E-state index in [2.05, 4.69) is 0 Å². The fourth-order valence-electron chi connectivity index (χ4n) is 1.41. The van der Waals surface area contributed by atoms with E-state index in [1.54, 1.807) is 0 Å².